The average molecular weight is 233 g/mol. The van der Waals surface area contributed by atoms with Crippen molar-refractivity contribution in [3.05, 3.63) is 42.2 Å². The van der Waals surface area contributed by atoms with Gasteiger partial charge in [0.05, 0.1) is 19.4 Å². The van der Waals surface area contributed by atoms with E-state index < -0.39 is 0 Å². The molecule has 0 aliphatic heterocycles. The molecule has 0 saturated heterocycles. The molecule has 5 nitrogen and oxygen atoms in total. The summed E-state index contributed by atoms with van der Waals surface area (Å²) < 4.78 is 7.26. The van der Waals surface area contributed by atoms with Crippen molar-refractivity contribution in [3.8, 4) is 5.75 Å². The zero-order valence-corrected chi connectivity index (χ0v) is 9.49. The molecule has 0 bridgehead atoms. The molecule has 1 aromatic heterocycles. The van der Waals surface area contributed by atoms with Crippen LogP contribution in [0, 0.1) is 0 Å². The number of hydrogen-bond acceptors (Lipinski definition) is 4. The Morgan fingerprint density at radius 2 is 2.06 bits per heavy atom. The minimum absolute atomic E-state index is 0.0689. The number of para-hydroxylation sites is 1. The van der Waals surface area contributed by atoms with Crippen molar-refractivity contribution < 1.29 is 9.84 Å². The van der Waals surface area contributed by atoms with Crippen LogP contribution in [-0.2, 0) is 13.2 Å². The van der Waals surface area contributed by atoms with Gasteiger partial charge in [0.2, 0.25) is 0 Å². The zero-order chi connectivity index (χ0) is 11.9. The molecule has 17 heavy (non-hydrogen) atoms. The Bertz CT molecular complexity index is 442. The number of aliphatic hydroxyl groups excluding tert-OH is 1. The van der Waals surface area contributed by atoms with E-state index in [2.05, 4.69) is 10.3 Å². The summed E-state index contributed by atoms with van der Waals surface area (Å²) in [6.07, 6.45) is 2.59. The fraction of sp³-hybridized carbons (Fsp3) is 0.333. The first-order chi connectivity index (χ1) is 8.38. The lowest BCUT2D eigenvalue weighted by atomic mass is 10.3. The van der Waals surface area contributed by atoms with Crippen LogP contribution in [0.15, 0.2) is 36.5 Å². The minimum atomic E-state index is -0.0689. The monoisotopic (exact) mass is 233 g/mol. The SMILES string of the molecule is OCc1cn(CCCOc2ccccc2)nn1. The predicted octanol–water partition coefficient (Wildman–Crippen LogP) is 1.24. The molecule has 2 rings (SSSR count). The lowest BCUT2D eigenvalue weighted by Gasteiger charge is -2.05. The summed E-state index contributed by atoms with van der Waals surface area (Å²) in [5.41, 5.74) is 0.592. The number of hydrogen-bond donors (Lipinski definition) is 1. The number of benzene rings is 1. The van der Waals surface area contributed by atoms with Crippen molar-refractivity contribution in [1.82, 2.24) is 15.0 Å². The van der Waals surface area contributed by atoms with Gasteiger partial charge in [0, 0.05) is 13.0 Å². The van der Waals surface area contributed by atoms with Gasteiger partial charge >= 0.3 is 0 Å². The molecule has 5 heteroatoms. The summed E-state index contributed by atoms with van der Waals surface area (Å²) >= 11 is 0. The number of aryl methyl sites for hydroxylation is 1. The van der Waals surface area contributed by atoms with E-state index >= 15 is 0 Å². The number of nitrogens with zero attached hydrogens (tertiary/aromatic N) is 3. The zero-order valence-electron chi connectivity index (χ0n) is 9.49. The third-order valence-electron chi connectivity index (χ3n) is 2.29. The summed E-state index contributed by atoms with van der Waals surface area (Å²) in [6, 6.07) is 9.71. The first-order valence-corrected chi connectivity index (χ1v) is 5.56. The van der Waals surface area contributed by atoms with E-state index in [4.69, 9.17) is 9.84 Å². The van der Waals surface area contributed by atoms with Crippen molar-refractivity contribution in [1.29, 1.82) is 0 Å². The Kier molecular flexibility index (Phi) is 4.10. The molecule has 1 heterocycles. The highest BCUT2D eigenvalue weighted by molar-refractivity contribution is 5.20. The van der Waals surface area contributed by atoms with E-state index in [0.29, 0.717) is 12.3 Å². The molecule has 0 aliphatic carbocycles. The van der Waals surface area contributed by atoms with Gasteiger partial charge in [-0.1, -0.05) is 23.4 Å². The second kappa shape index (κ2) is 6.00. The standard InChI is InChI=1S/C12H15N3O2/c16-10-11-9-15(14-13-11)7-4-8-17-12-5-2-1-3-6-12/h1-3,5-6,9,16H,4,7-8,10H2. The van der Waals surface area contributed by atoms with Crippen LogP contribution in [0.2, 0.25) is 0 Å². The van der Waals surface area contributed by atoms with Crippen LogP contribution in [0.3, 0.4) is 0 Å². The van der Waals surface area contributed by atoms with Crippen LogP contribution >= 0.6 is 0 Å². The van der Waals surface area contributed by atoms with Crippen LogP contribution in [0.4, 0.5) is 0 Å². The molecule has 90 valence electrons. The number of aliphatic hydroxyl groups is 1. The molecule has 0 radical (unpaired) electrons. The largest absolute Gasteiger partial charge is 0.494 e. The van der Waals surface area contributed by atoms with E-state index in [1.54, 1.807) is 10.9 Å². The third-order valence-corrected chi connectivity index (χ3v) is 2.29. The fourth-order valence-electron chi connectivity index (χ4n) is 1.45. The molecule has 0 spiro atoms. The van der Waals surface area contributed by atoms with E-state index in [1.165, 1.54) is 0 Å². The van der Waals surface area contributed by atoms with Gasteiger partial charge < -0.3 is 9.84 Å². The summed E-state index contributed by atoms with van der Waals surface area (Å²) in [4.78, 5) is 0. The van der Waals surface area contributed by atoms with Gasteiger partial charge in [0.1, 0.15) is 11.4 Å². The molecule has 0 amide bonds. The summed E-state index contributed by atoms with van der Waals surface area (Å²) in [5, 5.41) is 16.5. The molecule has 0 unspecified atom stereocenters. The van der Waals surface area contributed by atoms with E-state index in [-0.39, 0.29) is 6.61 Å². The molecule has 0 aliphatic rings. The Morgan fingerprint density at radius 3 is 2.76 bits per heavy atom. The minimum Gasteiger partial charge on any atom is -0.494 e. The molecular formula is C12H15N3O2. The third kappa shape index (κ3) is 3.57. The predicted molar refractivity (Wildman–Crippen MR) is 62.5 cm³/mol. The summed E-state index contributed by atoms with van der Waals surface area (Å²) in [6.45, 7) is 1.30. The normalized spacial score (nSPS) is 10.4. The summed E-state index contributed by atoms with van der Waals surface area (Å²) in [7, 11) is 0. The van der Waals surface area contributed by atoms with E-state index in [0.717, 1.165) is 18.7 Å². The molecule has 1 N–H and O–H groups in total. The second-order valence-electron chi connectivity index (χ2n) is 3.65. The van der Waals surface area contributed by atoms with Gasteiger partial charge in [-0.05, 0) is 12.1 Å². The Labute approximate surface area is 99.7 Å². The first-order valence-electron chi connectivity index (χ1n) is 5.56. The van der Waals surface area contributed by atoms with Crippen molar-refractivity contribution >= 4 is 0 Å². The molecule has 1 aromatic carbocycles. The maximum absolute atomic E-state index is 8.83. The second-order valence-corrected chi connectivity index (χ2v) is 3.65. The van der Waals surface area contributed by atoms with Gasteiger partial charge in [-0.2, -0.15) is 0 Å². The van der Waals surface area contributed by atoms with Gasteiger partial charge in [-0.3, -0.25) is 4.68 Å². The van der Waals surface area contributed by atoms with Crippen molar-refractivity contribution in [2.75, 3.05) is 6.61 Å². The Morgan fingerprint density at radius 1 is 1.24 bits per heavy atom. The van der Waals surface area contributed by atoms with Crippen molar-refractivity contribution in [2.24, 2.45) is 0 Å². The van der Waals surface area contributed by atoms with E-state index in [9.17, 15) is 0 Å². The van der Waals surface area contributed by atoms with Gasteiger partial charge in [0.15, 0.2) is 0 Å². The Hall–Kier alpha value is -1.88. The lowest BCUT2D eigenvalue weighted by Crippen LogP contribution is -2.05. The van der Waals surface area contributed by atoms with E-state index in [1.807, 2.05) is 30.3 Å². The number of aromatic nitrogens is 3. The molecule has 2 aromatic rings. The van der Waals surface area contributed by atoms with Crippen molar-refractivity contribution in [3.63, 3.8) is 0 Å². The fourth-order valence-corrected chi connectivity index (χ4v) is 1.45. The highest BCUT2D eigenvalue weighted by Gasteiger charge is 1.98. The summed E-state index contributed by atoms with van der Waals surface area (Å²) in [5.74, 6) is 0.877. The van der Waals surface area contributed by atoms with Gasteiger partial charge in [-0.25, -0.2) is 0 Å². The molecule has 0 atom stereocenters. The lowest BCUT2D eigenvalue weighted by molar-refractivity contribution is 0.276. The quantitative estimate of drug-likeness (QED) is 0.762. The van der Waals surface area contributed by atoms with Gasteiger partial charge in [0.25, 0.3) is 0 Å². The van der Waals surface area contributed by atoms with Crippen LogP contribution in [0.5, 0.6) is 5.75 Å². The number of ether oxygens (including phenoxy) is 1. The van der Waals surface area contributed by atoms with Crippen LogP contribution in [0.1, 0.15) is 12.1 Å². The van der Waals surface area contributed by atoms with Gasteiger partial charge in [-0.15, -0.1) is 5.10 Å². The maximum Gasteiger partial charge on any atom is 0.119 e. The number of rotatable bonds is 6. The van der Waals surface area contributed by atoms with Crippen LogP contribution < -0.4 is 4.74 Å². The molecule has 0 fully saturated rings. The van der Waals surface area contributed by atoms with Crippen LogP contribution in [0.25, 0.3) is 0 Å². The highest BCUT2D eigenvalue weighted by atomic mass is 16.5. The average Bonchev–Trinajstić information content (AvgIpc) is 2.84. The topological polar surface area (TPSA) is 60.2 Å². The van der Waals surface area contributed by atoms with Crippen molar-refractivity contribution in [2.45, 2.75) is 19.6 Å². The van der Waals surface area contributed by atoms with Crippen LogP contribution in [-0.4, -0.2) is 26.7 Å². The smallest absolute Gasteiger partial charge is 0.119 e. The first kappa shape index (κ1) is 11.6. The Balaban J connectivity index is 1.69. The highest BCUT2D eigenvalue weighted by Crippen LogP contribution is 2.08. The molecule has 0 saturated carbocycles. The molecular weight excluding hydrogens is 218 g/mol. The maximum atomic E-state index is 8.83.